The molecule has 0 saturated carbocycles. The lowest BCUT2D eigenvalue weighted by Crippen LogP contribution is -2.21. The molecule has 8 heteroatoms. The molecule has 7 nitrogen and oxygen atoms in total. The molecule has 0 aromatic heterocycles. The van der Waals surface area contributed by atoms with Gasteiger partial charge in [-0.1, -0.05) is 45.9 Å². The van der Waals surface area contributed by atoms with Gasteiger partial charge in [0.15, 0.2) is 12.0 Å². The minimum atomic E-state index is -0.326. The van der Waals surface area contributed by atoms with Crippen molar-refractivity contribution in [1.29, 1.82) is 5.26 Å². The van der Waals surface area contributed by atoms with Gasteiger partial charge in [-0.05, 0) is 68.3 Å². The van der Waals surface area contributed by atoms with Crippen molar-refractivity contribution in [2.24, 2.45) is 0 Å². The molecule has 0 aliphatic carbocycles. The molecule has 2 rings (SSSR count). The van der Waals surface area contributed by atoms with E-state index in [9.17, 15) is 5.26 Å². The van der Waals surface area contributed by atoms with Crippen LogP contribution in [0.5, 0.6) is 11.5 Å². The van der Waals surface area contributed by atoms with Gasteiger partial charge in [0.05, 0.1) is 11.4 Å². The molecule has 0 aliphatic heterocycles. The summed E-state index contributed by atoms with van der Waals surface area (Å²) in [6.45, 7) is 22.2. The highest BCUT2D eigenvalue weighted by atomic mass is 35.5. The van der Waals surface area contributed by atoms with Crippen molar-refractivity contribution in [1.82, 2.24) is 5.32 Å². The van der Waals surface area contributed by atoms with E-state index in [1.807, 2.05) is 84.6 Å². The van der Waals surface area contributed by atoms with Crippen LogP contribution >= 0.6 is 11.6 Å². The summed E-state index contributed by atoms with van der Waals surface area (Å²) in [6.07, 6.45) is 1.58. The molecule has 1 atom stereocenters. The van der Waals surface area contributed by atoms with Gasteiger partial charge in [0.2, 0.25) is 0 Å². The summed E-state index contributed by atoms with van der Waals surface area (Å²) >= 11 is 5.75. The van der Waals surface area contributed by atoms with Gasteiger partial charge < -0.3 is 29.1 Å². The molecule has 0 fully saturated rings. The molecule has 1 unspecified atom stereocenters. The van der Waals surface area contributed by atoms with Crippen molar-refractivity contribution >= 4 is 25.2 Å². The number of aryl methyl sites for hydroxylation is 1. The molecule has 2 aromatic carbocycles. The number of rotatable bonds is 11. The van der Waals surface area contributed by atoms with E-state index >= 15 is 0 Å². The third-order valence-corrected chi connectivity index (χ3v) is 5.69. The van der Waals surface area contributed by atoms with E-state index in [4.69, 9.17) is 35.4 Å². The van der Waals surface area contributed by atoms with E-state index in [1.54, 1.807) is 7.05 Å². The Morgan fingerprint density at radius 1 is 1.13 bits per heavy atom. The molecule has 2 aromatic rings. The van der Waals surface area contributed by atoms with Crippen LogP contribution in [-0.2, 0) is 19.7 Å². The molecule has 39 heavy (non-hydrogen) atoms. The molecule has 0 bridgehead atoms. The first kappa shape index (κ1) is 37.4. The van der Waals surface area contributed by atoms with E-state index < -0.39 is 0 Å². The molecule has 0 saturated heterocycles. The number of allylic oxidation sites excluding steroid dienone is 1. The summed E-state index contributed by atoms with van der Waals surface area (Å²) in [4.78, 5) is 16.0. The normalized spacial score (nSPS) is 10.9. The highest BCUT2D eigenvalue weighted by Crippen LogP contribution is 2.36. The van der Waals surface area contributed by atoms with Crippen molar-refractivity contribution in [3.8, 4) is 17.6 Å². The van der Waals surface area contributed by atoms with Crippen LogP contribution < -0.4 is 14.8 Å². The Morgan fingerprint density at radius 3 is 2.15 bits per heavy atom. The van der Waals surface area contributed by atoms with Crippen LogP contribution in [0.15, 0.2) is 60.7 Å². The predicted molar refractivity (Wildman–Crippen MR) is 159 cm³/mol. The third-order valence-electron chi connectivity index (χ3n) is 5.53. The van der Waals surface area contributed by atoms with Crippen molar-refractivity contribution in [2.75, 3.05) is 19.5 Å². The summed E-state index contributed by atoms with van der Waals surface area (Å²) in [7, 11) is 1.75. The maximum Gasteiger partial charge on any atom is 0.185 e. The lowest BCUT2D eigenvalue weighted by Gasteiger charge is -2.28. The maximum absolute atomic E-state index is 9.66. The van der Waals surface area contributed by atoms with E-state index in [0.717, 1.165) is 22.4 Å². The van der Waals surface area contributed by atoms with Crippen LogP contribution in [0, 0.1) is 18.3 Å². The number of nitrogens with zero attached hydrogens (tertiary/aromatic N) is 1. The molecule has 0 amide bonds. The Balaban J connectivity index is 0. The molecular weight excluding hydrogens is 516 g/mol. The van der Waals surface area contributed by atoms with Gasteiger partial charge in [0, 0.05) is 12.5 Å². The van der Waals surface area contributed by atoms with Gasteiger partial charge in [-0.25, -0.2) is 0 Å². The SMILES string of the molecule is C=C(NC)O/C(=C\C)C(C)Oc1ccc(C(C)(C)c2cc(C)c(OCCCl)c(C#N)c2)cc1.C=O.C=O.CC. The average Bonchev–Trinajstić information content (AvgIpc) is 2.97. The number of benzene rings is 2. The summed E-state index contributed by atoms with van der Waals surface area (Å²) < 4.78 is 17.4. The second kappa shape index (κ2) is 20.2. The number of ether oxygens (including phenoxy) is 3. The summed E-state index contributed by atoms with van der Waals surface area (Å²) in [5.74, 6) is 2.84. The topological polar surface area (TPSA) is 97.7 Å². The second-order valence-corrected chi connectivity index (χ2v) is 8.57. The zero-order chi connectivity index (χ0) is 30.6. The number of hydrogen-bond donors (Lipinski definition) is 1. The molecule has 0 heterocycles. The molecule has 0 spiro atoms. The number of nitriles is 1. The van der Waals surface area contributed by atoms with Crippen LogP contribution in [0.1, 0.15) is 63.8 Å². The molecule has 0 radical (unpaired) electrons. The first-order chi connectivity index (χ1) is 18.7. The second-order valence-electron chi connectivity index (χ2n) is 8.19. The van der Waals surface area contributed by atoms with E-state index in [2.05, 4.69) is 37.9 Å². The molecule has 1 N–H and O–H groups in total. The van der Waals surface area contributed by atoms with E-state index in [0.29, 0.717) is 35.4 Å². The Kier molecular flexibility index (Phi) is 19.4. The van der Waals surface area contributed by atoms with E-state index in [1.165, 1.54) is 0 Å². The Hall–Kier alpha value is -3.76. The van der Waals surface area contributed by atoms with Crippen molar-refractivity contribution in [2.45, 2.75) is 60.0 Å². The quantitative estimate of drug-likeness (QED) is 0.238. The summed E-state index contributed by atoms with van der Waals surface area (Å²) in [6, 6.07) is 14.2. The number of carbonyl (C=O) groups excluding carboxylic acids is 2. The Labute approximate surface area is 239 Å². The fourth-order valence-corrected chi connectivity index (χ4v) is 3.58. The lowest BCUT2D eigenvalue weighted by atomic mass is 9.77. The maximum atomic E-state index is 9.66. The minimum Gasteiger partial charge on any atom is -0.491 e. The van der Waals surface area contributed by atoms with Crippen molar-refractivity contribution in [3.05, 3.63) is 82.9 Å². The molecule has 0 aliphatic rings. The van der Waals surface area contributed by atoms with Crippen LogP contribution in [0.4, 0.5) is 0 Å². The first-order valence-corrected chi connectivity index (χ1v) is 13.0. The summed E-state index contributed by atoms with van der Waals surface area (Å²) in [5.41, 5.74) is 3.24. The number of alkyl halides is 1. The third kappa shape index (κ3) is 11.3. The first-order valence-electron chi connectivity index (χ1n) is 12.5. The van der Waals surface area contributed by atoms with Crippen LogP contribution in [-0.4, -0.2) is 39.2 Å². The van der Waals surface area contributed by atoms with Gasteiger partial charge in [0.25, 0.3) is 0 Å². The molecule has 214 valence electrons. The van der Waals surface area contributed by atoms with Crippen LogP contribution in [0.25, 0.3) is 0 Å². The van der Waals surface area contributed by atoms with Crippen LogP contribution in [0.3, 0.4) is 0 Å². The Morgan fingerprint density at radius 2 is 1.69 bits per heavy atom. The Bertz CT molecular complexity index is 1070. The average molecular weight is 559 g/mol. The van der Waals surface area contributed by atoms with Crippen molar-refractivity contribution in [3.63, 3.8) is 0 Å². The van der Waals surface area contributed by atoms with E-state index in [-0.39, 0.29) is 11.5 Å². The number of carbonyl (C=O) groups is 2. The number of hydrogen-bond acceptors (Lipinski definition) is 7. The van der Waals surface area contributed by atoms with Gasteiger partial charge in [-0.2, -0.15) is 5.26 Å². The summed E-state index contributed by atoms with van der Waals surface area (Å²) in [5, 5.41) is 12.5. The fourth-order valence-electron chi connectivity index (χ4n) is 3.50. The highest BCUT2D eigenvalue weighted by Gasteiger charge is 2.26. The zero-order valence-corrected chi connectivity index (χ0v) is 25.3. The monoisotopic (exact) mass is 558 g/mol. The minimum absolute atomic E-state index is 0.277. The fraction of sp³-hybridized carbons (Fsp3) is 0.387. The molecular formula is C31H43ClN2O5. The largest absolute Gasteiger partial charge is 0.491 e. The highest BCUT2D eigenvalue weighted by molar-refractivity contribution is 6.18. The number of halogens is 1. The van der Waals surface area contributed by atoms with Crippen molar-refractivity contribution < 1.29 is 23.8 Å². The smallest absolute Gasteiger partial charge is 0.185 e. The zero-order valence-electron chi connectivity index (χ0n) is 24.5. The number of nitrogens with one attached hydrogen (secondary N) is 1. The van der Waals surface area contributed by atoms with Gasteiger partial charge in [-0.3, -0.25) is 0 Å². The lowest BCUT2D eigenvalue weighted by molar-refractivity contribution is -0.0987. The standard InChI is InChI=1S/C27H33ClN2O3.C2H6.2CH2O/c1-8-25(33-20(4)30-7)19(3)32-24-11-9-22(10-12-24)27(5,6)23-15-18(2)26(31-14-13-28)21(16-23)17-29;3*1-2/h8-12,15-16,19,30H,4,13-14H2,1-3,5-7H3;1-2H3;2*1H2/b25-8-;;;. The van der Waals surface area contributed by atoms with Gasteiger partial charge in [-0.15, -0.1) is 11.6 Å². The van der Waals surface area contributed by atoms with Gasteiger partial charge in [0.1, 0.15) is 43.5 Å². The van der Waals surface area contributed by atoms with Gasteiger partial charge >= 0.3 is 0 Å². The predicted octanol–water partition coefficient (Wildman–Crippen LogP) is 6.84. The van der Waals surface area contributed by atoms with Crippen LogP contribution in [0.2, 0.25) is 0 Å².